The molecule has 0 unspecified atom stereocenters. The second-order valence-electron chi connectivity index (χ2n) is 4.94. The molecular formula is C16H24O3. The van der Waals surface area contributed by atoms with E-state index in [2.05, 4.69) is 13.8 Å². The highest BCUT2D eigenvalue weighted by atomic mass is 16.7. The molecule has 106 valence electrons. The molecule has 0 aliphatic heterocycles. The Morgan fingerprint density at radius 3 is 2.42 bits per heavy atom. The molecule has 2 atom stereocenters. The van der Waals surface area contributed by atoms with Crippen LogP contribution in [0.4, 0.5) is 0 Å². The fourth-order valence-corrected chi connectivity index (χ4v) is 1.48. The van der Waals surface area contributed by atoms with Crippen molar-refractivity contribution in [2.24, 2.45) is 5.92 Å². The molecular weight excluding hydrogens is 240 g/mol. The van der Waals surface area contributed by atoms with Gasteiger partial charge in [-0.3, -0.25) is 0 Å². The van der Waals surface area contributed by atoms with E-state index in [-0.39, 0.29) is 12.9 Å². The maximum atomic E-state index is 9.82. The second-order valence-corrected chi connectivity index (χ2v) is 4.94. The van der Waals surface area contributed by atoms with Gasteiger partial charge in [0.05, 0.1) is 18.8 Å². The molecule has 3 nitrogen and oxygen atoms in total. The van der Waals surface area contributed by atoms with Gasteiger partial charge in [-0.05, 0) is 18.4 Å². The SMILES string of the molecule is CC(C)/C=C/[C@@H](O)[C@H](C)OCOCc1ccccc1. The third-order valence-corrected chi connectivity index (χ3v) is 2.70. The van der Waals surface area contributed by atoms with Crippen molar-refractivity contribution in [1.29, 1.82) is 0 Å². The zero-order valence-electron chi connectivity index (χ0n) is 12.0. The lowest BCUT2D eigenvalue weighted by molar-refractivity contribution is -0.114. The minimum absolute atomic E-state index is 0.183. The molecule has 0 saturated carbocycles. The fourth-order valence-electron chi connectivity index (χ4n) is 1.48. The summed E-state index contributed by atoms with van der Waals surface area (Å²) in [5.74, 6) is 0.427. The third kappa shape index (κ3) is 7.11. The van der Waals surface area contributed by atoms with E-state index in [1.807, 2.05) is 43.3 Å². The maximum Gasteiger partial charge on any atom is 0.147 e. The van der Waals surface area contributed by atoms with E-state index in [4.69, 9.17) is 9.47 Å². The van der Waals surface area contributed by atoms with Gasteiger partial charge in [0.15, 0.2) is 0 Å². The summed E-state index contributed by atoms with van der Waals surface area (Å²) >= 11 is 0. The number of benzene rings is 1. The number of hydrogen-bond acceptors (Lipinski definition) is 3. The number of ether oxygens (including phenoxy) is 2. The van der Waals surface area contributed by atoms with Gasteiger partial charge in [0.2, 0.25) is 0 Å². The number of allylic oxidation sites excluding steroid dienone is 1. The van der Waals surface area contributed by atoms with Crippen molar-refractivity contribution in [3.8, 4) is 0 Å². The van der Waals surface area contributed by atoms with Gasteiger partial charge in [0.25, 0.3) is 0 Å². The van der Waals surface area contributed by atoms with Gasteiger partial charge in [0.1, 0.15) is 6.79 Å². The van der Waals surface area contributed by atoms with Gasteiger partial charge in [-0.1, -0.05) is 56.3 Å². The molecule has 0 fully saturated rings. The summed E-state index contributed by atoms with van der Waals surface area (Å²) in [7, 11) is 0. The third-order valence-electron chi connectivity index (χ3n) is 2.70. The van der Waals surface area contributed by atoms with Crippen LogP contribution >= 0.6 is 0 Å². The van der Waals surface area contributed by atoms with Crippen LogP contribution in [0, 0.1) is 5.92 Å². The summed E-state index contributed by atoms with van der Waals surface area (Å²) in [4.78, 5) is 0. The average Bonchev–Trinajstić information content (AvgIpc) is 2.41. The largest absolute Gasteiger partial charge is 0.386 e. The van der Waals surface area contributed by atoms with Crippen LogP contribution < -0.4 is 0 Å². The zero-order chi connectivity index (χ0) is 14.1. The van der Waals surface area contributed by atoms with Crippen molar-refractivity contribution in [2.75, 3.05) is 6.79 Å². The average molecular weight is 264 g/mol. The molecule has 0 aliphatic rings. The van der Waals surface area contributed by atoms with Crippen LogP contribution in [-0.2, 0) is 16.1 Å². The van der Waals surface area contributed by atoms with Crippen molar-refractivity contribution in [3.63, 3.8) is 0 Å². The predicted octanol–water partition coefficient (Wildman–Crippen LogP) is 3.14. The van der Waals surface area contributed by atoms with Gasteiger partial charge >= 0.3 is 0 Å². The number of rotatable bonds is 8. The van der Waals surface area contributed by atoms with E-state index in [9.17, 15) is 5.11 Å². The van der Waals surface area contributed by atoms with Gasteiger partial charge in [-0.2, -0.15) is 0 Å². The molecule has 0 bridgehead atoms. The molecule has 0 saturated heterocycles. The predicted molar refractivity (Wildman–Crippen MR) is 76.6 cm³/mol. The van der Waals surface area contributed by atoms with Gasteiger partial charge in [-0.15, -0.1) is 0 Å². The van der Waals surface area contributed by atoms with Crippen LogP contribution in [0.1, 0.15) is 26.3 Å². The van der Waals surface area contributed by atoms with E-state index in [1.54, 1.807) is 6.08 Å². The molecule has 0 radical (unpaired) electrons. The van der Waals surface area contributed by atoms with Crippen LogP contribution in [0.15, 0.2) is 42.5 Å². The smallest absolute Gasteiger partial charge is 0.147 e. The molecule has 3 heteroatoms. The quantitative estimate of drug-likeness (QED) is 0.445. The Balaban J connectivity index is 2.18. The Morgan fingerprint density at radius 2 is 1.79 bits per heavy atom. The molecule has 1 rings (SSSR count). The first-order valence-corrected chi connectivity index (χ1v) is 6.69. The number of aliphatic hydroxyl groups excluding tert-OH is 1. The molecule has 19 heavy (non-hydrogen) atoms. The molecule has 1 N–H and O–H groups in total. The van der Waals surface area contributed by atoms with Crippen LogP contribution in [0.5, 0.6) is 0 Å². The lowest BCUT2D eigenvalue weighted by Crippen LogP contribution is -2.25. The van der Waals surface area contributed by atoms with E-state index in [1.165, 1.54) is 0 Å². The van der Waals surface area contributed by atoms with Gasteiger partial charge in [0, 0.05) is 0 Å². The molecule has 1 aromatic rings. The maximum absolute atomic E-state index is 9.82. The topological polar surface area (TPSA) is 38.7 Å². The van der Waals surface area contributed by atoms with E-state index in [0.29, 0.717) is 12.5 Å². The first kappa shape index (κ1) is 15.9. The Hall–Kier alpha value is -1.16. The zero-order valence-corrected chi connectivity index (χ0v) is 12.0. The summed E-state index contributed by atoms with van der Waals surface area (Å²) in [5, 5.41) is 9.82. The lowest BCUT2D eigenvalue weighted by atomic mass is 10.1. The first-order valence-electron chi connectivity index (χ1n) is 6.69. The monoisotopic (exact) mass is 264 g/mol. The highest BCUT2D eigenvalue weighted by molar-refractivity contribution is 5.13. The summed E-state index contributed by atoms with van der Waals surface area (Å²) < 4.78 is 10.8. The van der Waals surface area contributed by atoms with Crippen molar-refractivity contribution in [1.82, 2.24) is 0 Å². The number of hydrogen-bond donors (Lipinski definition) is 1. The number of aliphatic hydroxyl groups is 1. The van der Waals surface area contributed by atoms with E-state index < -0.39 is 6.10 Å². The Bertz CT molecular complexity index is 360. The van der Waals surface area contributed by atoms with Gasteiger partial charge in [-0.25, -0.2) is 0 Å². The Labute approximate surface area is 115 Å². The summed E-state index contributed by atoms with van der Waals surface area (Å²) in [6, 6.07) is 9.93. The van der Waals surface area contributed by atoms with E-state index >= 15 is 0 Å². The minimum Gasteiger partial charge on any atom is -0.386 e. The first-order chi connectivity index (χ1) is 9.09. The van der Waals surface area contributed by atoms with Crippen molar-refractivity contribution >= 4 is 0 Å². The highest BCUT2D eigenvalue weighted by Gasteiger charge is 2.11. The van der Waals surface area contributed by atoms with Crippen LogP contribution in [0.3, 0.4) is 0 Å². The molecule has 0 aliphatic carbocycles. The van der Waals surface area contributed by atoms with Crippen molar-refractivity contribution in [2.45, 2.75) is 39.6 Å². The van der Waals surface area contributed by atoms with E-state index in [0.717, 1.165) is 5.56 Å². The van der Waals surface area contributed by atoms with Crippen molar-refractivity contribution in [3.05, 3.63) is 48.0 Å². The summed E-state index contributed by atoms with van der Waals surface area (Å²) in [6.45, 7) is 6.67. The molecule has 1 aromatic carbocycles. The van der Waals surface area contributed by atoms with Crippen LogP contribution in [-0.4, -0.2) is 24.1 Å². The lowest BCUT2D eigenvalue weighted by Gasteiger charge is -2.17. The molecule has 0 spiro atoms. The second kappa shape index (κ2) is 8.86. The minimum atomic E-state index is -0.595. The Morgan fingerprint density at radius 1 is 1.11 bits per heavy atom. The molecule has 0 amide bonds. The molecule has 0 aromatic heterocycles. The summed E-state index contributed by atoms with van der Waals surface area (Å²) in [5.41, 5.74) is 1.11. The normalized spacial score (nSPS) is 15.0. The Kier molecular flexibility index (Phi) is 7.41. The fraction of sp³-hybridized carbons (Fsp3) is 0.500. The van der Waals surface area contributed by atoms with Crippen LogP contribution in [0.2, 0.25) is 0 Å². The van der Waals surface area contributed by atoms with Crippen molar-refractivity contribution < 1.29 is 14.6 Å². The van der Waals surface area contributed by atoms with Gasteiger partial charge < -0.3 is 14.6 Å². The van der Waals surface area contributed by atoms with Crippen LogP contribution in [0.25, 0.3) is 0 Å². The summed E-state index contributed by atoms with van der Waals surface area (Å²) in [6.07, 6.45) is 2.87. The standard InChI is InChI=1S/C16H24O3/c1-13(2)9-10-16(17)14(3)19-12-18-11-15-7-5-4-6-8-15/h4-10,13-14,16-17H,11-12H2,1-3H3/b10-9+/t14-,16+/m0/s1. The highest BCUT2D eigenvalue weighted by Crippen LogP contribution is 2.05. The molecule has 0 heterocycles.